The Balaban J connectivity index is 1.39. The maximum Gasteiger partial charge on any atom is 0.253 e. The zero-order valence-electron chi connectivity index (χ0n) is 16.6. The fourth-order valence-corrected chi connectivity index (χ4v) is 3.59. The van der Waals surface area contributed by atoms with Crippen molar-refractivity contribution in [3.63, 3.8) is 0 Å². The largest absolute Gasteiger partial charge is 0.352 e. The Kier molecular flexibility index (Phi) is 5.49. The Labute approximate surface area is 175 Å². The summed E-state index contributed by atoms with van der Waals surface area (Å²) in [6.07, 6.45) is 0. The van der Waals surface area contributed by atoms with E-state index in [2.05, 4.69) is 22.0 Å². The van der Waals surface area contributed by atoms with Gasteiger partial charge in [0.25, 0.3) is 5.91 Å². The molecule has 1 amide bonds. The number of aryl methyl sites for hydroxylation is 2. The molecular weight excluding hydrogens is 384 g/mol. The molecule has 0 saturated carbocycles. The maximum atomic E-state index is 12.8. The van der Waals surface area contributed by atoms with E-state index in [0.717, 1.165) is 41.3 Å². The molecule has 29 heavy (non-hydrogen) atoms. The van der Waals surface area contributed by atoms with Crippen LogP contribution in [0, 0.1) is 13.8 Å². The molecule has 0 spiro atoms. The van der Waals surface area contributed by atoms with Gasteiger partial charge in [-0.1, -0.05) is 29.8 Å². The van der Waals surface area contributed by atoms with Crippen molar-refractivity contribution in [2.45, 2.75) is 13.8 Å². The van der Waals surface area contributed by atoms with Crippen LogP contribution in [0.5, 0.6) is 0 Å². The SMILES string of the molecule is Cc1ccc(C(=O)N2CCN(c3ccc(-c4ccc(Cl)cc4)nn3)CC2)cc1C. The first-order chi connectivity index (χ1) is 14.0. The topological polar surface area (TPSA) is 49.3 Å². The van der Waals surface area contributed by atoms with Gasteiger partial charge in [-0.3, -0.25) is 4.79 Å². The molecule has 5 nitrogen and oxygen atoms in total. The van der Waals surface area contributed by atoms with Crippen molar-refractivity contribution in [2.24, 2.45) is 0 Å². The van der Waals surface area contributed by atoms with E-state index in [1.54, 1.807) is 0 Å². The number of hydrogen-bond acceptors (Lipinski definition) is 4. The van der Waals surface area contributed by atoms with Gasteiger partial charge in [0.1, 0.15) is 0 Å². The smallest absolute Gasteiger partial charge is 0.253 e. The molecule has 6 heteroatoms. The number of aromatic nitrogens is 2. The highest BCUT2D eigenvalue weighted by Gasteiger charge is 2.23. The lowest BCUT2D eigenvalue weighted by molar-refractivity contribution is 0.0746. The first-order valence-electron chi connectivity index (χ1n) is 9.72. The van der Waals surface area contributed by atoms with E-state index < -0.39 is 0 Å². The van der Waals surface area contributed by atoms with Crippen LogP contribution in [0.2, 0.25) is 5.02 Å². The molecule has 4 rings (SSSR count). The van der Waals surface area contributed by atoms with Crippen LogP contribution in [0.25, 0.3) is 11.3 Å². The normalized spacial score (nSPS) is 14.2. The van der Waals surface area contributed by atoms with Crippen molar-refractivity contribution in [3.05, 3.63) is 76.3 Å². The Hall–Kier alpha value is -2.92. The summed E-state index contributed by atoms with van der Waals surface area (Å²) in [4.78, 5) is 16.9. The van der Waals surface area contributed by atoms with Crippen LogP contribution in [0.1, 0.15) is 21.5 Å². The van der Waals surface area contributed by atoms with Crippen LogP contribution in [-0.2, 0) is 0 Å². The third kappa shape index (κ3) is 4.25. The summed E-state index contributed by atoms with van der Waals surface area (Å²) in [5.74, 6) is 0.929. The number of nitrogens with zero attached hydrogens (tertiary/aromatic N) is 4. The quantitative estimate of drug-likeness (QED) is 0.647. The van der Waals surface area contributed by atoms with E-state index in [1.807, 2.05) is 66.4 Å². The molecule has 1 aliphatic heterocycles. The van der Waals surface area contributed by atoms with E-state index in [4.69, 9.17) is 11.6 Å². The highest BCUT2D eigenvalue weighted by atomic mass is 35.5. The van der Waals surface area contributed by atoms with Crippen molar-refractivity contribution in [2.75, 3.05) is 31.1 Å². The Morgan fingerprint density at radius 2 is 1.59 bits per heavy atom. The van der Waals surface area contributed by atoms with Gasteiger partial charge in [0.2, 0.25) is 0 Å². The Bertz CT molecular complexity index is 1010. The highest BCUT2D eigenvalue weighted by molar-refractivity contribution is 6.30. The number of piperazine rings is 1. The van der Waals surface area contributed by atoms with E-state index in [9.17, 15) is 4.79 Å². The average Bonchev–Trinajstić information content (AvgIpc) is 2.76. The summed E-state index contributed by atoms with van der Waals surface area (Å²) in [6, 6.07) is 17.4. The Morgan fingerprint density at radius 1 is 0.862 bits per heavy atom. The zero-order valence-corrected chi connectivity index (χ0v) is 17.4. The number of anilines is 1. The number of halogens is 1. The van der Waals surface area contributed by atoms with Crippen LogP contribution in [0.3, 0.4) is 0 Å². The van der Waals surface area contributed by atoms with Gasteiger partial charge in [-0.2, -0.15) is 0 Å². The minimum absolute atomic E-state index is 0.0944. The van der Waals surface area contributed by atoms with E-state index in [0.29, 0.717) is 18.1 Å². The van der Waals surface area contributed by atoms with Gasteiger partial charge in [-0.15, -0.1) is 10.2 Å². The van der Waals surface area contributed by atoms with Gasteiger partial charge in [0.05, 0.1) is 5.69 Å². The number of benzene rings is 2. The fraction of sp³-hybridized carbons (Fsp3) is 0.261. The van der Waals surface area contributed by atoms with Crippen molar-refractivity contribution in [1.82, 2.24) is 15.1 Å². The summed E-state index contributed by atoms with van der Waals surface area (Å²) in [5, 5.41) is 9.45. The van der Waals surface area contributed by atoms with E-state index in [1.165, 1.54) is 5.56 Å². The van der Waals surface area contributed by atoms with Crippen molar-refractivity contribution < 1.29 is 4.79 Å². The van der Waals surface area contributed by atoms with E-state index in [-0.39, 0.29) is 5.91 Å². The van der Waals surface area contributed by atoms with Crippen LogP contribution in [0.15, 0.2) is 54.6 Å². The lowest BCUT2D eigenvalue weighted by Crippen LogP contribution is -2.49. The first kappa shape index (κ1) is 19.4. The van der Waals surface area contributed by atoms with Gasteiger partial charge in [0.15, 0.2) is 5.82 Å². The second-order valence-electron chi connectivity index (χ2n) is 7.36. The van der Waals surface area contributed by atoms with Crippen LogP contribution in [-0.4, -0.2) is 47.2 Å². The third-order valence-electron chi connectivity index (χ3n) is 5.44. The highest BCUT2D eigenvalue weighted by Crippen LogP contribution is 2.21. The monoisotopic (exact) mass is 406 g/mol. The second kappa shape index (κ2) is 8.21. The molecule has 1 aliphatic rings. The molecule has 1 aromatic heterocycles. The molecule has 0 N–H and O–H groups in total. The molecule has 3 aromatic rings. The second-order valence-corrected chi connectivity index (χ2v) is 7.80. The predicted octanol–water partition coefficient (Wildman–Crippen LogP) is 4.38. The lowest BCUT2D eigenvalue weighted by Gasteiger charge is -2.35. The predicted molar refractivity (Wildman–Crippen MR) is 117 cm³/mol. The molecule has 0 unspecified atom stereocenters. The molecule has 1 fully saturated rings. The molecule has 0 atom stereocenters. The zero-order chi connectivity index (χ0) is 20.4. The van der Waals surface area contributed by atoms with Crippen LogP contribution < -0.4 is 4.90 Å². The third-order valence-corrected chi connectivity index (χ3v) is 5.69. The molecule has 148 valence electrons. The van der Waals surface area contributed by atoms with Gasteiger partial charge < -0.3 is 9.80 Å². The standard InChI is InChI=1S/C23H23ClN4O/c1-16-3-4-19(15-17(16)2)23(29)28-13-11-27(12-14-28)22-10-9-21(25-26-22)18-5-7-20(24)8-6-18/h3-10,15H,11-14H2,1-2H3. The van der Waals surface area contributed by atoms with Gasteiger partial charge in [0, 0.05) is 42.3 Å². The maximum absolute atomic E-state index is 12.8. The van der Waals surface area contributed by atoms with E-state index >= 15 is 0 Å². The van der Waals surface area contributed by atoms with Crippen molar-refractivity contribution >= 4 is 23.3 Å². The fourth-order valence-electron chi connectivity index (χ4n) is 3.46. The summed E-state index contributed by atoms with van der Waals surface area (Å²) in [6.45, 7) is 6.92. The summed E-state index contributed by atoms with van der Waals surface area (Å²) >= 11 is 5.94. The number of hydrogen-bond donors (Lipinski definition) is 0. The molecule has 0 aliphatic carbocycles. The van der Waals surface area contributed by atoms with Gasteiger partial charge in [-0.05, 0) is 61.4 Å². The van der Waals surface area contributed by atoms with Crippen LogP contribution >= 0.6 is 11.6 Å². The number of amides is 1. The molecule has 2 aromatic carbocycles. The number of carbonyl (C=O) groups is 1. The van der Waals surface area contributed by atoms with Crippen molar-refractivity contribution in [1.29, 1.82) is 0 Å². The number of carbonyl (C=O) groups excluding carboxylic acids is 1. The summed E-state index contributed by atoms with van der Waals surface area (Å²) in [5.41, 5.74) is 4.90. The Morgan fingerprint density at radius 3 is 2.21 bits per heavy atom. The minimum atomic E-state index is 0.0944. The van der Waals surface area contributed by atoms with Gasteiger partial charge >= 0.3 is 0 Å². The summed E-state index contributed by atoms with van der Waals surface area (Å²) in [7, 11) is 0. The molecule has 1 saturated heterocycles. The van der Waals surface area contributed by atoms with Gasteiger partial charge in [-0.25, -0.2) is 0 Å². The first-order valence-corrected chi connectivity index (χ1v) is 10.1. The minimum Gasteiger partial charge on any atom is -0.352 e. The lowest BCUT2D eigenvalue weighted by atomic mass is 10.1. The summed E-state index contributed by atoms with van der Waals surface area (Å²) < 4.78 is 0. The number of rotatable bonds is 3. The molecule has 2 heterocycles. The molecule has 0 radical (unpaired) electrons. The molecule has 0 bridgehead atoms. The van der Waals surface area contributed by atoms with Crippen molar-refractivity contribution in [3.8, 4) is 11.3 Å². The van der Waals surface area contributed by atoms with Crippen LogP contribution in [0.4, 0.5) is 5.82 Å². The average molecular weight is 407 g/mol. The molecular formula is C23H23ClN4O.